The van der Waals surface area contributed by atoms with Crippen molar-refractivity contribution in [1.29, 1.82) is 0 Å². The number of aromatic nitrogens is 2. The number of quaternary nitrogens is 1. The lowest BCUT2D eigenvalue weighted by Gasteiger charge is -2.24. The molecule has 5 nitrogen and oxygen atoms in total. The average molecular weight is 370 g/mol. The SMILES string of the molecule is Cc1sc2ncnc(NCc3ccccc3C[NH+]3CCOCC3)c2c1C. The van der Waals surface area contributed by atoms with Crippen LogP contribution in [0.4, 0.5) is 5.82 Å². The highest BCUT2D eigenvalue weighted by Gasteiger charge is 2.16. The van der Waals surface area contributed by atoms with Crippen LogP contribution in [-0.4, -0.2) is 36.3 Å². The topological polar surface area (TPSA) is 51.5 Å². The Morgan fingerprint density at radius 1 is 1.12 bits per heavy atom. The Kier molecular flexibility index (Phi) is 5.15. The molecule has 0 saturated carbocycles. The molecule has 3 heterocycles. The zero-order chi connectivity index (χ0) is 17.9. The first-order valence-electron chi connectivity index (χ1n) is 9.15. The fourth-order valence-corrected chi connectivity index (χ4v) is 4.50. The zero-order valence-electron chi connectivity index (χ0n) is 15.3. The molecule has 0 atom stereocenters. The quantitative estimate of drug-likeness (QED) is 0.725. The van der Waals surface area contributed by atoms with E-state index >= 15 is 0 Å². The molecule has 136 valence electrons. The average Bonchev–Trinajstić information content (AvgIpc) is 2.96. The Bertz CT molecular complexity index is 902. The van der Waals surface area contributed by atoms with Gasteiger partial charge in [0.1, 0.15) is 36.6 Å². The molecule has 1 fully saturated rings. The summed E-state index contributed by atoms with van der Waals surface area (Å²) in [6, 6.07) is 8.71. The van der Waals surface area contributed by atoms with Crippen LogP contribution in [0.25, 0.3) is 10.2 Å². The van der Waals surface area contributed by atoms with E-state index in [9.17, 15) is 0 Å². The lowest BCUT2D eigenvalue weighted by atomic mass is 10.1. The van der Waals surface area contributed by atoms with Crippen molar-refractivity contribution in [3.8, 4) is 0 Å². The molecule has 0 aliphatic carbocycles. The first-order valence-corrected chi connectivity index (χ1v) is 9.96. The Morgan fingerprint density at radius 3 is 2.69 bits per heavy atom. The summed E-state index contributed by atoms with van der Waals surface area (Å²) in [4.78, 5) is 12.9. The van der Waals surface area contributed by atoms with Gasteiger partial charge in [-0.3, -0.25) is 0 Å². The van der Waals surface area contributed by atoms with Crippen molar-refractivity contribution >= 4 is 27.4 Å². The molecular weight excluding hydrogens is 344 g/mol. The monoisotopic (exact) mass is 369 g/mol. The highest BCUT2D eigenvalue weighted by atomic mass is 32.1. The summed E-state index contributed by atoms with van der Waals surface area (Å²) in [7, 11) is 0. The van der Waals surface area contributed by atoms with E-state index in [1.54, 1.807) is 22.6 Å². The van der Waals surface area contributed by atoms with E-state index in [1.165, 1.54) is 21.6 Å². The lowest BCUT2D eigenvalue weighted by molar-refractivity contribution is -0.921. The van der Waals surface area contributed by atoms with Gasteiger partial charge in [0.15, 0.2) is 0 Å². The second-order valence-electron chi connectivity index (χ2n) is 6.85. The molecule has 1 aliphatic rings. The molecule has 1 aliphatic heterocycles. The van der Waals surface area contributed by atoms with Crippen molar-refractivity contribution in [3.63, 3.8) is 0 Å². The molecular formula is C20H25N4OS+. The minimum absolute atomic E-state index is 0.778. The third-order valence-corrected chi connectivity index (χ3v) is 6.29. The van der Waals surface area contributed by atoms with E-state index in [1.807, 2.05) is 0 Å². The summed E-state index contributed by atoms with van der Waals surface area (Å²) >= 11 is 1.73. The fraction of sp³-hybridized carbons (Fsp3) is 0.400. The van der Waals surface area contributed by atoms with Crippen LogP contribution >= 0.6 is 11.3 Å². The Morgan fingerprint density at radius 2 is 1.88 bits per heavy atom. The van der Waals surface area contributed by atoms with Crippen molar-refractivity contribution in [3.05, 3.63) is 52.2 Å². The third kappa shape index (κ3) is 3.58. The summed E-state index contributed by atoms with van der Waals surface area (Å²) in [6.07, 6.45) is 1.66. The number of nitrogens with one attached hydrogen (secondary N) is 2. The van der Waals surface area contributed by atoms with Gasteiger partial charge in [-0.05, 0) is 25.0 Å². The predicted octanol–water partition coefficient (Wildman–Crippen LogP) is 2.34. The number of anilines is 1. The van der Waals surface area contributed by atoms with Crippen LogP contribution in [0, 0.1) is 13.8 Å². The summed E-state index contributed by atoms with van der Waals surface area (Å²) < 4.78 is 5.48. The molecule has 1 aromatic carbocycles. The van der Waals surface area contributed by atoms with Gasteiger partial charge in [-0.2, -0.15) is 0 Å². The number of nitrogens with zero attached hydrogens (tertiary/aromatic N) is 2. The zero-order valence-corrected chi connectivity index (χ0v) is 16.2. The minimum Gasteiger partial charge on any atom is -0.370 e. The Hall–Kier alpha value is -2.02. The van der Waals surface area contributed by atoms with Gasteiger partial charge in [-0.1, -0.05) is 24.3 Å². The van der Waals surface area contributed by atoms with Crippen LogP contribution in [-0.2, 0) is 17.8 Å². The van der Waals surface area contributed by atoms with Gasteiger partial charge in [-0.25, -0.2) is 9.97 Å². The van der Waals surface area contributed by atoms with Crippen molar-refractivity contribution in [2.24, 2.45) is 0 Å². The molecule has 0 radical (unpaired) electrons. The number of hydrogen-bond donors (Lipinski definition) is 2. The van der Waals surface area contributed by atoms with E-state index in [2.05, 4.69) is 53.4 Å². The number of thiophene rings is 1. The van der Waals surface area contributed by atoms with Crippen molar-refractivity contribution in [1.82, 2.24) is 9.97 Å². The van der Waals surface area contributed by atoms with Gasteiger partial charge < -0.3 is 15.0 Å². The number of ether oxygens (including phenoxy) is 1. The van der Waals surface area contributed by atoms with E-state index in [0.717, 1.165) is 55.4 Å². The second-order valence-corrected chi connectivity index (χ2v) is 8.05. The number of benzene rings is 1. The normalized spacial score (nSPS) is 15.5. The summed E-state index contributed by atoms with van der Waals surface area (Å²) in [6.45, 7) is 10.0. The van der Waals surface area contributed by atoms with Crippen LogP contribution < -0.4 is 10.2 Å². The molecule has 26 heavy (non-hydrogen) atoms. The molecule has 6 heteroatoms. The maximum Gasteiger partial charge on any atom is 0.138 e. The summed E-state index contributed by atoms with van der Waals surface area (Å²) in [5.74, 6) is 0.936. The van der Waals surface area contributed by atoms with E-state index < -0.39 is 0 Å². The standard InChI is InChI=1S/C20H24N4OS/c1-14-15(2)26-20-18(14)19(22-13-23-20)21-11-16-5-3-4-6-17(16)12-24-7-9-25-10-8-24/h3-6,13H,7-12H2,1-2H3,(H,21,22,23)/p+1. The third-order valence-electron chi connectivity index (χ3n) is 5.17. The van der Waals surface area contributed by atoms with Gasteiger partial charge in [0, 0.05) is 17.0 Å². The number of fused-ring (bicyclic) bond motifs is 1. The number of hydrogen-bond acceptors (Lipinski definition) is 5. The van der Waals surface area contributed by atoms with Crippen LogP contribution in [0.5, 0.6) is 0 Å². The minimum atomic E-state index is 0.778. The van der Waals surface area contributed by atoms with Crippen molar-refractivity contribution < 1.29 is 9.64 Å². The smallest absolute Gasteiger partial charge is 0.138 e. The highest BCUT2D eigenvalue weighted by Crippen LogP contribution is 2.32. The van der Waals surface area contributed by atoms with Gasteiger partial charge in [0.05, 0.1) is 18.6 Å². The van der Waals surface area contributed by atoms with Crippen molar-refractivity contribution in [2.45, 2.75) is 26.9 Å². The predicted molar refractivity (Wildman–Crippen MR) is 106 cm³/mol. The molecule has 0 amide bonds. The molecule has 0 unspecified atom stereocenters. The maximum absolute atomic E-state index is 5.48. The summed E-state index contributed by atoms with van der Waals surface area (Å²) in [5, 5.41) is 4.72. The highest BCUT2D eigenvalue weighted by molar-refractivity contribution is 7.18. The Balaban J connectivity index is 1.53. The molecule has 1 saturated heterocycles. The maximum atomic E-state index is 5.48. The van der Waals surface area contributed by atoms with Gasteiger partial charge in [-0.15, -0.1) is 11.3 Å². The second kappa shape index (κ2) is 7.70. The lowest BCUT2D eigenvalue weighted by Crippen LogP contribution is -3.12. The molecule has 2 aromatic heterocycles. The fourth-order valence-electron chi connectivity index (χ4n) is 3.50. The van der Waals surface area contributed by atoms with E-state index in [0.29, 0.717) is 0 Å². The molecule has 2 N–H and O–H groups in total. The molecule has 0 spiro atoms. The molecule has 4 rings (SSSR count). The first kappa shape index (κ1) is 17.4. The number of rotatable bonds is 5. The number of morpholine rings is 1. The Labute approximate surface area is 158 Å². The largest absolute Gasteiger partial charge is 0.370 e. The van der Waals surface area contributed by atoms with Gasteiger partial charge in [0.25, 0.3) is 0 Å². The van der Waals surface area contributed by atoms with Gasteiger partial charge in [0.2, 0.25) is 0 Å². The van der Waals surface area contributed by atoms with Crippen LogP contribution in [0.1, 0.15) is 21.6 Å². The van der Waals surface area contributed by atoms with Crippen molar-refractivity contribution in [2.75, 3.05) is 31.6 Å². The summed E-state index contributed by atoms with van der Waals surface area (Å²) in [5.41, 5.74) is 4.02. The molecule has 3 aromatic rings. The van der Waals surface area contributed by atoms with Crippen LogP contribution in [0.15, 0.2) is 30.6 Å². The molecule has 0 bridgehead atoms. The first-order chi connectivity index (χ1) is 12.7. The van der Waals surface area contributed by atoms with E-state index in [-0.39, 0.29) is 0 Å². The van der Waals surface area contributed by atoms with Gasteiger partial charge >= 0.3 is 0 Å². The van der Waals surface area contributed by atoms with Crippen LogP contribution in [0.2, 0.25) is 0 Å². The van der Waals surface area contributed by atoms with E-state index in [4.69, 9.17) is 4.74 Å². The number of aryl methyl sites for hydroxylation is 2. The van der Waals surface area contributed by atoms with Crippen LogP contribution in [0.3, 0.4) is 0 Å².